The number of hydrogen-bond acceptors (Lipinski definition) is 3. The Labute approximate surface area is 80.0 Å². The van der Waals surface area contributed by atoms with Crippen LogP contribution in [-0.2, 0) is 9.53 Å². The van der Waals surface area contributed by atoms with Crippen LogP contribution in [0.3, 0.4) is 0 Å². The maximum absolute atomic E-state index is 10.4. The van der Waals surface area contributed by atoms with Gasteiger partial charge in [0.05, 0.1) is 13.2 Å². The van der Waals surface area contributed by atoms with E-state index in [2.05, 4.69) is 24.5 Å². The first-order valence-electron chi connectivity index (χ1n) is 4.68. The highest BCUT2D eigenvalue weighted by Crippen LogP contribution is 1.77. The monoisotopic (exact) mass is 188 g/mol. The second kappa shape index (κ2) is 8.01. The Hall–Kier alpha value is -0.610. The summed E-state index contributed by atoms with van der Waals surface area (Å²) in [4.78, 5) is 10.4. The van der Waals surface area contributed by atoms with E-state index in [9.17, 15) is 4.79 Å². The lowest BCUT2D eigenvalue weighted by atomic mass is 10.4. The molecule has 0 aliphatic heterocycles. The van der Waals surface area contributed by atoms with E-state index in [-0.39, 0.29) is 5.91 Å². The Kier molecular flexibility index (Phi) is 7.63. The first-order chi connectivity index (χ1) is 6.13. The average molecular weight is 188 g/mol. The third kappa shape index (κ3) is 11.4. The molecule has 0 aliphatic carbocycles. The predicted molar refractivity (Wildman–Crippen MR) is 52.6 cm³/mol. The summed E-state index contributed by atoms with van der Waals surface area (Å²) < 4.78 is 5.26. The van der Waals surface area contributed by atoms with Crippen LogP contribution >= 0.6 is 0 Å². The number of carbonyl (C=O) groups is 1. The van der Waals surface area contributed by atoms with Crippen molar-refractivity contribution in [2.45, 2.75) is 26.8 Å². The summed E-state index contributed by atoms with van der Waals surface area (Å²) in [5.41, 5.74) is 0. The molecule has 2 N–H and O–H groups in total. The SMILES string of the molecule is CC(=O)NCCOCCNC(C)C. The van der Waals surface area contributed by atoms with Crippen molar-refractivity contribution in [1.29, 1.82) is 0 Å². The molecule has 1 amide bonds. The summed E-state index contributed by atoms with van der Waals surface area (Å²) in [6.07, 6.45) is 0. The fraction of sp³-hybridized carbons (Fsp3) is 0.889. The molecule has 0 radical (unpaired) electrons. The van der Waals surface area contributed by atoms with Crippen molar-refractivity contribution in [3.63, 3.8) is 0 Å². The van der Waals surface area contributed by atoms with E-state index in [1.165, 1.54) is 6.92 Å². The quantitative estimate of drug-likeness (QED) is 0.559. The molecule has 4 nitrogen and oxygen atoms in total. The smallest absolute Gasteiger partial charge is 0.216 e. The molecule has 0 rings (SSSR count). The third-order valence-corrected chi connectivity index (χ3v) is 1.42. The van der Waals surface area contributed by atoms with Crippen LogP contribution in [0, 0.1) is 0 Å². The number of hydrogen-bond donors (Lipinski definition) is 2. The van der Waals surface area contributed by atoms with Gasteiger partial charge < -0.3 is 15.4 Å². The topological polar surface area (TPSA) is 50.4 Å². The van der Waals surface area contributed by atoms with Gasteiger partial charge >= 0.3 is 0 Å². The van der Waals surface area contributed by atoms with Crippen LogP contribution in [0.2, 0.25) is 0 Å². The highest BCUT2D eigenvalue weighted by molar-refractivity contribution is 5.72. The number of amides is 1. The molecule has 0 aromatic carbocycles. The minimum absolute atomic E-state index is 0.0103. The zero-order valence-corrected chi connectivity index (χ0v) is 8.72. The van der Waals surface area contributed by atoms with Gasteiger partial charge in [0.15, 0.2) is 0 Å². The molecule has 78 valence electrons. The van der Waals surface area contributed by atoms with E-state index < -0.39 is 0 Å². The lowest BCUT2D eigenvalue weighted by Crippen LogP contribution is -2.29. The highest BCUT2D eigenvalue weighted by atomic mass is 16.5. The van der Waals surface area contributed by atoms with Gasteiger partial charge in [0.1, 0.15) is 0 Å². The van der Waals surface area contributed by atoms with Crippen molar-refractivity contribution >= 4 is 5.91 Å². The van der Waals surface area contributed by atoms with Crippen LogP contribution < -0.4 is 10.6 Å². The van der Waals surface area contributed by atoms with Crippen LogP contribution in [0.5, 0.6) is 0 Å². The van der Waals surface area contributed by atoms with Crippen LogP contribution in [-0.4, -0.2) is 38.3 Å². The van der Waals surface area contributed by atoms with Crippen LogP contribution in [0.1, 0.15) is 20.8 Å². The molecule has 0 bridgehead atoms. The molecule has 0 aliphatic rings. The second-order valence-electron chi connectivity index (χ2n) is 3.20. The highest BCUT2D eigenvalue weighted by Gasteiger charge is 1.92. The molecule has 0 spiro atoms. The number of ether oxygens (including phenoxy) is 1. The van der Waals surface area contributed by atoms with Crippen LogP contribution in [0.15, 0.2) is 0 Å². The van der Waals surface area contributed by atoms with Gasteiger partial charge in [-0.05, 0) is 0 Å². The zero-order chi connectivity index (χ0) is 10.1. The molecule has 0 aromatic heterocycles. The van der Waals surface area contributed by atoms with Crippen LogP contribution in [0.25, 0.3) is 0 Å². The summed E-state index contributed by atoms with van der Waals surface area (Å²) in [5, 5.41) is 5.89. The lowest BCUT2D eigenvalue weighted by molar-refractivity contribution is -0.119. The van der Waals surface area contributed by atoms with Gasteiger partial charge in [-0.1, -0.05) is 13.8 Å². The molecular formula is C9H20N2O2. The van der Waals surface area contributed by atoms with E-state index in [1.54, 1.807) is 0 Å². The van der Waals surface area contributed by atoms with Crippen molar-refractivity contribution in [1.82, 2.24) is 10.6 Å². The molecule has 0 saturated carbocycles. The summed E-state index contributed by atoms with van der Waals surface area (Å²) in [6.45, 7) is 8.42. The largest absolute Gasteiger partial charge is 0.378 e. The average Bonchev–Trinajstić information content (AvgIpc) is 2.01. The van der Waals surface area contributed by atoms with E-state index in [0.29, 0.717) is 25.8 Å². The number of nitrogens with one attached hydrogen (secondary N) is 2. The van der Waals surface area contributed by atoms with Crippen molar-refractivity contribution in [3.05, 3.63) is 0 Å². The van der Waals surface area contributed by atoms with Crippen molar-refractivity contribution < 1.29 is 9.53 Å². The van der Waals surface area contributed by atoms with Gasteiger partial charge in [-0.15, -0.1) is 0 Å². The summed E-state index contributed by atoms with van der Waals surface area (Å²) >= 11 is 0. The Morgan fingerprint density at radius 3 is 2.46 bits per heavy atom. The second-order valence-corrected chi connectivity index (χ2v) is 3.20. The summed E-state index contributed by atoms with van der Waals surface area (Å²) in [6, 6.07) is 0.499. The Bertz CT molecular complexity index is 138. The molecular weight excluding hydrogens is 168 g/mol. The van der Waals surface area contributed by atoms with E-state index in [0.717, 1.165) is 6.54 Å². The van der Waals surface area contributed by atoms with Gasteiger partial charge in [-0.3, -0.25) is 4.79 Å². The van der Waals surface area contributed by atoms with E-state index >= 15 is 0 Å². The zero-order valence-electron chi connectivity index (χ0n) is 8.72. The third-order valence-electron chi connectivity index (χ3n) is 1.42. The maximum atomic E-state index is 10.4. The van der Waals surface area contributed by atoms with Gasteiger partial charge in [0.2, 0.25) is 5.91 Å². The summed E-state index contributed by atoms with van der Waals surface area (Å²) in [5.74, 6) is -0.0103. The minimum Gasteiger partial charge on any atom is -0.378 e. The lowest BCUT2D eigenvalue weighted by Gasteiger charge is -2.08. The van der Waals surface area contributed by atoms with Gasteiger partial charge in [-0.2, -0.15) is 0 Å². The van der Waals surface area contributed by atoms with Gasteiger partial charge in [0.25, 0.3) is 0 Å². The fourth-order valence-corrected chi connectivity index (χ4v) is 0.821. The number of carbonyl (C=O) groups excluding carboxylic acids is 1. The van der Waals surface area contributed by atoms with Crippen molar-refractivity contribution in [3.8, 4) is 0 Å². The normalized spacial score (nSPS) is 10.5. The Balaban J connectivity index is 2.96. The van der Waals surface area contributed by atoms with Crippen molar-refractivity contribution in [2.75, 3.05) is 26.3 Å². The minimum atomic E-state index is -0.0103. The first kappa shape index (κ1) is 12.4. The predicted octanol–water partition coefficient (Wildman–Crippen LogP) is 0.137. The Morgan fingerprint density at radius 2 is 1.92 bits per heavy atom. The maximum Gasteiger partial charge on any atom is 0.216 e. The van der Waals surface area contributed by atoms with Gasteiger partial charge in [0, 0.05) is 26.1 Å². The molecule has 0 unspecified atom stereocenters. The summed E-state index contributed by atoms with van der Waals surface area (Å²) in [7, 11) is 0. The standard InChI is InChI=1S/C9H20N2O2/c1-8(2)10-4-6-13-7-5-11-9(3)12/h8,10H,4-7H2,1-3H3,(H,11,12). The molecule has 0 atom stereocenters. The fourth-order valence-electron chi connectivity index (χ4n) is 0.821. The number of rotatable bonds is 7. The van der Waals surface area contributed by atoms with Gasteiger partial charge in [-0.25, -0.2) is 0 Å². The molecule has 13 heavy (non-hydrogen) atoms. The first-order valence-corrected chi connectivity index (χ1v) is 4.68. The molecule has 0 heterocycles. The molecule has 0 fully saturated rings. The van der Waals surface area contributed by atoms with Crippen molar-refractivity contribution in [2.24, 2.45) is 0 Å². The molecule has 4 heteroatoms. The van der Waals surface area contributed by atoms with E-state index in [1.807, 2.05) is 0 Å². The molecule has 0 aromatic rings. The Morgan fingerprint density at radius 1 is 1.31 bits per heavy atom. The van der Waals surface area contributed by atoms with Crippen LogP contribution in [0.4, 0.5) is 0 Å². The van der Waals surface area contributed by atoms with E-state index in [4.69, 9.17) is 4.74 Å². The molecule has 0 saturated heterocycles.